The van der Waals surface area contributed by atoms with E-state index in [4.69, 9.17) is 11.6 Å². The Kier molecular flexibility index (Phi) is 4.09. The second kappa shape index (κ2) is 6.04. The number of carbonyl (C=O) groups is 2. The lowest BCUT2D eigenvalue weighted by Crippen LogP contribution is -2.42. The summed E-state index contributed by atoms with van der Waals surface area (Å²) in [4.78, 5) is 26.1. The normalized spacial score (nSPS) is 13.6. The van der Waals surface area contributed by atoms with Crippen molar-refractivity contribution >= 4 is 29.2 Å². The number of nitrogens with zero attached hydrogens (tertiary/aromatic N) is 3. The van der Waals surface area contributed by atoms with Crippen LogP contribution >= 0.6 is 11.6 Å². The third kappa shape index (κ3) is 3.22. The summed E-state index contributed by atoms with van der Waals surface area (Å²) in [5.74, 6) is -0.700. The molecule has 0 atom stereocenters. The molecule has 1 aliphatic heterocycles. The van der Waals surface area contributed by atoms with Gasteiger partial charge in [-0.1, -0.05) is 17.7 Å². The van der Waals surface area contributed by atoms with Crippen molar-refractivity contribution in [3.05, 3.63) is 46.1 Å². The molecule has 2 amide bonds. The molecule has 7 heteroatoms. The van der Waals surface area contributed by atoms with Crippen molar-refractivity contribution in [2.24, 2.45) is 7.05 Å². The molecule has 1 N–H and O–H groups in total. The number of amides is 2. The van der Waals surface area contributed by atoms with Crippen molar-refractivity contribution < 1.29 is 9.59 Å². The molecule has 3 rings (SSSR count). The first-order valence-electron chi connectivity index (χ1n) is 7.32. The van der Waals surface area contributed by atoms with Gasteiger partial charge in [-0.15, -0.1) is 0 Å². The highest BCUT2D eigenvalue weighted by molar-refractivity contribution is 6.39. The van der Waals surface area contributed by atoms with Crippen LogP contribution in [0.2, 0.25) is 5.02 Å². The molecular formula is C16H17ClN4O2. The van der Waals surface area contributed by atoms with Gasteiger partial charge >= 0.3 is 11.8 Å². The van der Waals surface area contributed by atoms with Gasteiger partial charge in [0.15, 0.2) is 0 Å². The number of hydrogen-bond donors (Lipinski definition) is 1. The Hall–Kier alpha value is -2.34. The third-order valence-corrected chi connectivity index (χ3v) is 4.14. The number of carbonyl (C=O) groups excluding carboxylic acids is 2. The summed E-state index contributed by atoms with van der Waals surface area (Å²) in [6, 6.07) is 7.38. The van der Waals surface area contributed by atoms with Gasteiger partial charge in [0.1, 0.15) is 5.82 Å². The Morgan fingerprint density at radius 1 is 1.26 bits per heavy atom. The van der Waals surface area contributed by atoms with E-state index in [-0.39, 0.29) is 0 Å². The Bertz CT molecular complexity index is 784. The van der Waals surface area contributed by atoms with E-state index in [9.17, 15) is 9.59 Å². The number of nitrogens with one attached hydrogen (secondary N) is 1. The van der Waals surface area contributed by atoms with E-state index in [1.54, 1.807) is 13.1 Å². The maximum absolute atomic E-state index is 12.4. The van der Waals surface area contributed by atoms with Gasteiger partial charge in [0, 0.05) is 31.2 Å². The zero-order valence-electron chi connectivity index (χ0n) is 13.0. The van der Waals surface area contributed by atoms with E-state index in [1.165, 1.54) is 15.1 Å². The number of rotatable bonds is 1. The molecule has 0 bridgehead atoms. The Morgan fingerprint density at radius 3 is 2.74 bits per heavy atom. The average molecular weight is 333 g/mol. The quantitative estimate of drug-likeness (QED) is 0.811. The Morgan fingerprint density at radius 2 is 2.04 bits per heavy atom. The van der Waals surface area contributed by atoms with Crippen molar-refractivity contribution in [3.8, 4) is 0 Å². The first kappa shape index (κ1) is 15.6. The Labute approximate surface area is 139 Å². The number of fused-ring (bicyclic) bond motifs is 1. The number of aromatic nitrogens is 2. The molecular weight excluding hydrogens is 316 g/mol. The monoisotopic (exact) mass is 332 g/mol. The first-order chi connectivity index (χ1) is 10.9. The van der Waals surface area contributed by atoms with Crippen LogP contribution in [0.15, 0.2) is 24.3 Å². The number of halogens is 1. The standard InChI is InChI=1S/C16H17ClN4O2/c1-10-7-14(20(2)19-10)18-15(22)16(23)21-6-5-11-3-4-13(17)8-12(11)9-21/h3-4,7-8H,5-6,9H2,1-2H3,(H,18,22). The second-order valence-corrected chi connectivity index (χ2v) is 6.07. The molecule has 6 nitrogen and oxygen atoms in total. The molecule has 23 heavy (non-hydrogen) atoms. The van der Waals surface area contributed by atoms with Crippen LogP contribution in [0.25, 0.3) is 0 Å². The summed E-state index contributed by atoms with van der Waals surface area (Å²) in [6.07, 6.45) is 0.719. The van der Waals surface area contributed by atoms with Gasteiger partial charge in [0.05, 0.1) is 5.69 Å². The number of benzene rings is 1. The second-order valence-electron chi connectivity index (χ2n) is 5.64. The lowest BCUT2D eigenvalue weighted by molar-refractivity contribution is -0.143. The lowest BCUT2D eigenvalue weighted by Gasteiger charge is -2.28. The molecule has 0 unspecified atom stereocenters. The average Bonchev–Trinajstić information content (AvgIpc) is 2.83. The zero-order chi connectivity index (χ0) is 16.6. The predicted octanol–water partition coefficient (Wildman–Crippen LogP) is 1.91. The van der Waals surface area contributed by atoms with E-state index in [0.717, 1.165) is 17.7 Å². The van der Waals surface area contributed by atoms with Gasteiger partial charge < -0.3 is 10.2 Å². The fraction of sp³-hybridized carbons (Fsp3) is 0.312. The first-order valence-corrected chi connectivity index (χ1v) is 7.70. The van der Waals surface area contributed by atoms with E-state index in [1.807, 2.05) is 25.1 Å². The molecule has 0 saturated heterocycles. The minimum atomic E-state index is -0.654. The summed E-state index contributed by atoms with van der Waals surface area (Å²) in [5.41, 5.74) is 2.93. The Balaban J connectivity index is 1.71. The van der Waals surface area contributed by atoms with Gasteiger partial charge in [-0.2, -0.15) is 5.10 Å². The smallest absolute Gasteiger partial charge is 0.315 e. The van der Waals surface area contributed by atoms with E-state index < -0.39 is 11.8 Å². The third-order valence-electron chi connectivity index (χ3n) is 3.91. The topological polar surface area (TPSA) is 67.2 Å². The molecule has 0 fully saturated rings. The zero-order valence-corrected chi connectivity index (χ0v) is 13.7. The largest absolute Gasteiger partial charge is 0.330 e. The van der Waals surface area contributed by atoms with Crippen LogP contribution in [0.1, 0.15) is 16.8 Å². The maximum atomic E-state index is 12.4. The fourth-order valence-corrected chi connectivity index (χ4v) is 2.93. The van der Waals surface area contributed by atoms with Crippen LogP contribution in [0, 0.1) is 6.92 Å². The van der Waals surface area contributed by atoms with E-state index >= 15 is 0 Å². The number of hydrogen-bond acceptors (Lipinski definition) is 3. The molecule has 1 aromatic heterocycles. The highest BCUT2D eigenvalue weighted by Crippen LogP contribution is 2.22. The summed E-state index contributed by atoms with van der Waals surface area (Å²) in [7, 11) is 1.71. The molecule has 1 aliphatic rings. The van der Waals surface area contributed by atoms with Crippen LogP contribution in [0.3, 0.4) is 0 Å². The SMILES string of the molecule is Cc1cc(NC(=O)C(=O)N2CCc3ccc(Cl)cc3C2)n(C)n1. The maximum Gasteiger partial charge on any atom is 0.315 e. The molecule has 120 valence electrons. The van der Waals surface area contributed by atoms with Crippen LogP contribution in [0.4, 0.5) is 5.82 Å². The van der Waals surface area contributed by atoms with Gasteiger partial charge in [0.25, 0.3) is 0 Å². The molecule has 2 heterocycles. The van der Waals surface area contributed by atoms with Crippen LogP contribution in [0.5, 0.6) is 0 Å². The van der Waals surface area contributed by atoms with Gasteiger partial charge in [0.2, 0.25) is 0 Å². The molecule has 2 aromatic rings. The summed E-state index contributed by atoms with van der Waals surface area (Å²) in [5, 5.41) is 7.38. The van der Waals surface area contributed by atoms with Crippen molar-refractivity contribution in [2.45, 2.75) is 19.9 Å². The van der Waals surface area contributed by atoms with Crippen molar-refractivity contribution in [2.75, 3.05) is 11.9 Å². The predicted molar refractivity (Wildman–Crippen MR) is 87.1 cm³/mol. The summed E-state index contributed by atoms with van der Waals surface area (Å²) in [6.45, 7) is 2.74. The lowest BCUT2D eigenvalue weighted by atomic mass is 10.00. The van der Waals surface area contributed by atoms with Gasteiger partial charge in [-0.3, -0.25) is 14.3 Å². The van der Waals surface area contributed by atoms with Crippen LogP contribution < -0.4 is 5.32 Å². The molecule has 0 saturated carbocycles. The van der Waals surface area contributed by atoms with E-state index in [0.29, 0.717) is 23.9 Å². The van der Waals surface area contributed by atoms with Gasteiger partial charge in [-0.25, -0.2) is 0 Å². The van der Waals surface area contributed by atoms with Crippen molar-refractivity contribution in [1.82, 2.24) is 14.7 Å². The van der Waals surface area contributed by atoms with E-state index in [2.05, 4.69) is 10.4 Å². The number of aryl methyl sites for hydroxylation is 2. The molecule has 0 spiro atoms. The highest BCUT2D eigenvalue weighted by atomic mass is 35.5. The van der Waals surface area contributed by atoms with Crippen LogP contribution in [-0.4, -0.2) is 33.0 Å². The van der Waals surface area contributed by atoms with Crippen molar-refractivity contribution in [3.63, 3.8) is 0 Å². The molecule has 0 radical (unpaired) electrons. The number of anilines is 1. The van der Waals surface area contributed by atoms with Gasteiger partial charge in [-0.05, 0) is 36.6 Å². The fourth-order valence-electron chi connectivity index (χ4n) is 2.74. The minimum absolute atomic E-state index is 0.395. The van der Waals surface area contributed by atoms with Crippen molar-refractivity contribution in [1.29, 1.82) is 0 Å². The molecule has 1 aromatic carbocycles. The van der Waals surface area contributed by atoms with Crippen LogP contribution in [-0.2, 0) is 29.6 Å². The minimum Gasteiger partial charge on any atom is -0.330 e. The summed E-state index contributed by atoms with van der Waals surface area (Å²) < 4.78 is 1.53. The molecule has 0 aliphatic carbocycles. The highest BCUT2D eigenvalue weighted by Gasteiger charge is 2.26. The summed E-state index contributed by atoms with van der Waals surface area (Å²) >= 11 is 6.00.